The van der Waals surface area contributed by atoms with Gasteiger partial charge in [0.25, 0.3) is 5.69 Å². The van der Waals surface area contributed by atoms with Crippen molar-refractivity contribution in [2.75, 3.05) is 6.54 Å². The molecule has 1 aromatic heterocycles. The highest BCUT2D eigenvalue weighted by atomic mass is 16.6. The first-order valence-electron chi connectivity index (χ1n) is 5.07. The summed E-state index contributed by atoms with van der Waals surface area (Å²) in [6.45, 7) is 0.468. The highest BCUT2D eigenvalue weighted by Gasteiger charge is 2.15. The summed E-state index contributed by atoms with van der Waals surface area (Å²) in [5, 5.41) is 18.6. The van der Waals surface area contributed by atoms with Crippen molar-refractivity contribution in [1.29, 1.82) is 0 Å². The van der Waals surface area contributed by atoms with Crippen LogP contribution in [0.3, 0.4) is 0 Å². The number of nitro groups is 1. The van der Waals surface area contributed by atoms with Gasteiger partial charge in [0.1, 0.15) is 5.69 Å². The molecular weight excluding hydrogens is 222 g/mol. The van der Waals surface area contributed by atoms with Crippen molar-refractivity contribution < 1.29 is 4.92 Å². The van der Waals surface area contributed by atoms with E-state index in [-0.39, 0.29) is 5.69 Å². The minimum Gasteiger partial charge on any atom is -0.330 e. The van der Waals surface area contributed by atoms with E-state index < -0.39 is 4.92 Å². The Bertz CT molecular complexity index is 537. The molecule has 1 aromatic carbocycles. The summed E-state index contributed by atoms with van der Waals surface area (Å²) in [6, 6.07) is 6.38. The van der Waals surface area contributed by atoms with E-state index in [1.54, 1.807) is 24.4 Å². The Morgan fingerprint density at radius 2 is 2.18 bits per heavy atom. The molecular formula is C10H11N5O2. The Morgan fingerprint density at radius 1 is 1.41 bits per heavy atom. The third kappa shape index (κ3) is 2.28. The fraction of sp³-hybridized carbons (Fsp3) is 0.200. The Morgan fingerprint density at radius 3 is 2.88 bits per heavy atom. The number of hydrogen-bond donors (Lipinski definition) is 1. The minimum absolute atomic E-state index is 0.00306. The van der Waals surface area contributed by atoms with Crippen LogP contribution in [0.4, 0.5) is 5.69 Å². The predicted molar refractivity (Wildman–Crippen MR) is 60.8 cm³/mol. The lowest BCUT2D eigenvalue weighted by Gasteiger charge is -2.00. The second-order valence-corrected chi connectivity index (χ2v) is 3.44. The first kappa shape index (κ1) is 11.2. The van der Waals surface area contributed by atoms with Crippen molar-refractivity contribution in [3.63, 3.8) is 0 Å². The van der Waals surface area contributed by atoms with E-state index >= 15 is 0 Å². The van der Waals surface area contributed by atoms with Crippen LogP contribution in [0, 0.1) is 10.1 Å². The predicted octanol–water partition coefficient (Wildman–Crippen LogP) is 0.677. The summed E-state index contributed by atoms with van der Waals surface area (Å²) in [5.41, 5.74) is 6.51. The van der Waals surface area contributed by atoms with Crippen LogP contribution in [0.15, 0.2) is 30.5 Å². The number of nitrogens with zero attached hydrogens (tertiary/aromatic N) is 4. The third-order valence-electron chi connectivity index (χ3n) is 2.27. The molecule has 0 spiro atoms. The van der Waals surface area contributed by atoms with Gasteiger partial charge in [0, 0.05) is 12.5 Å². The molecule has 0 bridgehead atoms. The number of nitro benzene ring substituents is 1. The maximum Gasteiger partial charge on any atom is 0.294 e. The van der Waals surface area contributed by atoms with Gasteiger partial charge < -0.3 is 5.73 Å². The molecule has 7 nitrogen and oxygen atoms in total. The first-order chi connectivity index (χ1) is 8.22. The summed E-state index contributed by atoms with van der Waals surface area (Å²) < 4.78 is 1.39. The second kappa shape index (κ2) is 4.71. The molecule has 0 aliphatic heterocycles. The summed E-state index contributed by atoms with van der Waals surface area (Å²) in [7, 11) is 0. The Hall–Kier alpha value is -2.28. The molecule has 0 aliphatic rings. The van der Waals surface area contributed by atoms with Gasteiger partial charge in [-0.1, -0.05) is 17.3 Å². The summed E-state index contributed by atoms with van der Waals surface area (Å²) in [5.74, 6) is 0. The van der Waals surface area contributed by atoms with E-state index in [9.17, 15) is 10.1 Å². The van der Waals surface area contributed by atoms with Crippen molar-refractivity contribution in [2.45, 2.75) is 6.42 Å². The summed E-state index contributed by atoms with van der Waals surface area (Å²) in [6.07, 6.45) is 2.25. The average Bonchev–Trinajstić information content (AvgIpc) is 2.78. The topological polar surface area (TPSA) is 99.9 Å². The summed E-state index contributed by atoms with van der Waals surface area (Å²) in [4.78, 5) is 10.4. The van der Waals surface area contributed by atoms with Gasteiger partial charge in [0.05, 0.1) is 16.8 Å². The Kier molecular flexibility index (Phi) is 3.10. The van der Waals surface area contributed by atoms with Crippen LogP contribution in [0.25, 0.3) is 5.69 Å². The van der Waals surface area contributed by atoms with Gasteiger partial charge >= 0.3 is 0 Å². The smallest absolute Gasteiger partial charge is 0.294 e. The molecule has 0 saturated heterocycles. The highest BCUT2D eigenvalue weighted by Crippen LogP contribution is 2.21. The SMILES string of the molecule is NCCc1cn(-c2ccccc2[N+](=O)[O-])nn1. The van der Waals surface area contributed by atoms with Crippen LogP contribution in [-0.2, 0) is 6.42 Å². The van der Waals surface area contributed by atoms with Gasteiger partial charge in [-0.3, -0.25) is 10.1 Å². The molecule has 2 N–H and O–H groups in total. The van der Waals surface area contributed by atoms with E-state index in [1.165, 1.54) is 10.7 Å². The van der Waals surface area contributed by atoms with Crippen LogP contribution < -0.4 is 5.73 Å². The van der Waals surface area contributed by atoms with E-state index in [0.717, 1.165) is 0 Å². The maximum atomic E-state index is 10.9. The van der Waals surface area contributed by atoms with Crippen LogP contribution in [0.1, 0.15) is 5.69 Å². The average molecular weight is 233 g/mol. The largest absolute Gasteiger partial charge is 0.330 e. The zero-order valence-electron chi connectivity index (χ0n) is 8.98. The molecule has 2 rings (SSSR count). The van der Waals surface area contributed by atoms with Crippen molar-refractivity contribution in [3.8, 4) is 5.69 Å². The molecule has 0 atom stereocenters. The van der Waals surface area contributed by atoms with Gasteiger partial charge in [-0.2, -0.15) is 0 Å². The number of aromatic nitrogens is 3. The number of para-hydroxylation sites is 2. The first-order valence-corrected chi connectivity index (χ1v) is 5.07. The van der Waals surface area contributed by atoms with Crippen molar-refractivity contribution in [2.24, 2.45) is 5.73 Å². The van der Waals surface area contributed by atoms with E-state index in [1.807, 2.05) is 0 Å². The number of rotatable bonds is 4. The molecule has 0 unspecified atom stereocenters. The molecule has 0 radical (unpaired) electrons. The van der Waals surface area contributed by atoms with Crippen molar-refractivity contribution in [1.82, 2.24) is 15.0 Å². The molecule has 1 heterocycles. The second-order valence-electron chi connectivity index (χ2n) is 3.44. The van der Waals surface area contributed by atoms with Gasteiger partial charge in [0.2, 0.25) is 0 Å². The molecule has 2 aromatic rings. The van der Waals surface area contributed by atoms with Crippen LogP contribution in [0.5, 0.6) is 0 Å². The van der Waals surface area contributed by atoms with E-state index in [0.29, 0.717) is 24.3 Å². The maximum absolute atomic E-state index is 10.9. The van der Waals surface area contributed by atoms with Gasteiger partial charge in [-0.25, -0.2) is 4.68 Å². The van der Waals surface area contributed by atoms with Crippen LogP contribution >= 0.6 is 0 Å². The Balaban J connectivity index is 2.41. The van der Waals surface area contributed by atoms with Gasteiger partial charge in [-0.15, -0.1) is 5.10 Å². The molecule has 0 amide bonds. The standard InChI is InChI=1S/C10H11N5O2/c11-6-5-8-7-14(13-12-8)9-3-1-2-4-10(9)15(16)17/h1-4,7H,5-6,11H2. The van der Waals surface area contributed by atoms with Gasteiger partial charge in [0.15, 0.2) is 0 Å². The molecule has 88 valence electrons. The van der Waals surface area contributed by atoms with Crippen molar-refractivity contribution >= 4 is 5.69 Å². The van der Waals surface area contributed by atoms with Gasteiger partial charge in [-0.05, 0) is 12.6 Å². The monoisotopic (exact) mass is 233 g/mol. The molecule has 17 heavy (non-hydrogen) atoms. The highest BCUT2D eigenvalue weighted by molar-refractivity contribution is 5.51. The normalized spacial score (nSPS) is 10.4. The number of benzene rings is 1. The minimum atomic E-state index is -0.445. The lowest BCUT2D eigenvalue weighted by Crippen LogP contribution is -2.02. The van der Waals surface area contributed by atoms with Crippen LogP contribution in [-0.4, -0.2) is 26.5 Å². The third-order valence-corrected chi connectivity index (χ3v) is 2.27. The van der Waals surface area contributed by atoms with Crippen LogP contribution in [0.2, 0.25) is 0 Å². The fourth-order valence-corrected chi connectivity index (χ4v) is 1.49. The lowest BCUT2D eigenvalue weighted by atomic mass is 10.2. The number of nitrogens with two attached hydrogens (primary N) is 1. The van der Waals surface area contributed by atoms with E-state index in [4.69, 9.17) is 5.73 Å². The molecule has 0 saturated carbocycles. The number of hydrogen-bond acceptors (Lipinski definition) is 5. The quantitative estimate of drug-likeness (QED) is 0.618. The lowest BCUT2D eigenvalue weighted by molar-refractivity contribution is -0.384. The molecule has 0 fully saturated rings. The summed E-state index contributed by atoms with van der Waals surface area (Å²) >= 11 is 0. The van der Waals surface area contributed by atoms with E-state index in [2.05, 4.69) is 10.3 Å². The molecule has 7 heteroatoms. The zero-order chi connectivity index (χ0) is 12.3. The Labute approximate surface area is 97.0 Å². The fourth-order valence-electron chi connectivity index (χ4n) is 1.49. The van der Waals surface area contributed by atoms with Crippen molar-refractivity contribution in [3.05, 3.63) is 46.3 Å². The zero-order valence-corrected chi connectivity index (χ0v) is 8.98. The molecule has 0 aliphatic carbocycles.